The highest BCUT2D eigenvalue weighted by Gasteiger charge is 2.18. The molecule has 0 aliphatic heterocycles. The average Bonchev–Trinajstić information content (AvgIpc) is 2.78. The van der Waals surface area contributed by atoms with Crippen LogP contribution in [0.2, 0.25) is 0 Å². The first kappa shape index (κ1) is 13.4. The Bertz CT molecular complexity index is 581. The molecule has 0 atom stereocenters. The number of imidazole rings is 1. The van der Waals surface area contributed by atoms with Crippen LogP contribution in [0.15, 0.2) is 12.3 Å². The number of hydrogen-bond acceptors (Lipinski definition) is 3. The van der Waals surface area contributed by atoms with Crippen molar-refractivity contribution in [3.63, 3.8) is 0 Å². The Hall–Kier alpha value is -1.58. The minimum atomic E-state index is 0.798. The number of hydrogen-bond donors (Lipinski definition) is 1. The summed E-state index contributed by atoms with van der Waals surface area (Å²) in [6.45, 7) is 6.15. The monoisotopic (exact) mass is 272 g/mol. The summed E-state index contributed by atoms with van der Waals surface area (Å²) in [5.74, 6) is 1.80. The van der Waals surface area contributed by atoms with Gasteiger partial charge in [-0.3, -0.25) is 4.98 Å². The van der Waals surface area contributed by atoms with E-state index in [2.05, 4.69) is 27.9 Å². The van der Waals surface area contributed by atoms with Gasteiger partial charge in [-0.1, -0.05) is 19.3 Å². The largest absolute Gasteiger partial charge is 0.356 e. The molecule has 0 bridgehead atoms. The maximum absolute atomic E-state index is 4.70. The average molecular weight is 272 g/mol. The summed E-state index contributed by atoms with van der Waals surface area (Å²) in [6, 6.07) is 2.16. The number of nitrogens with one attached hydrogen (secondary N) is 1. The SMILES string of the molecule is CCNc1nc2cnc(C)cc2n1CC1CCCCC1. The number of nitrogens with zero attached hydrogens (tertiary/aromatic N) is 3. The first-order valence-corrected chi connectivity index (χ1v) is 7.84. The van der Waals surface area contributed by atoms with Gasteiger partial charge in [0.25, 0.3) is 0 Å². The summed E-state index contributed by atoms with van der Waals surface area (Å²) in [6.07, 6.45) is 8.78. The molecule has 1 fully saturated rings. The molecule has 4 nitrogen and oxygen atoms in total. The Labute approximate surface area is 120 Å². The van der Waals surface area contributed by atoms with Crippen LogP contribution in [-0.4, -0.2) is 21.1 Å². The first-order valence-electron chi connectivity index (χ1n) is 7.84. The zero-order chi connectivity index (χ0) is 13.9. The van der Waals surface area contributed by atoms with Gasteiger partial charge < -0.3 is 9.88 Å². The molecule has 3 rings (SSSR count). The zero-order valence-corrected chi connectivity index (χ0v) is 12.5. The van der Waals surface area contributed by atoms with Gasteiger partial charge in [0.05, 0.1) is 11.7 Å². The molecular weight excluding hydrogens is 248 g/mol. The van der Waals surface area contributed by atoms with Crippen LogP contribution in [0.1, 0.15) is 44.7 Å². The van der Waals surface area contributed by atoms with Crippen molar-refractivity contribution in [2.75, 3.05) is 11.9 Å². The number of fused-ring (bicyclic) bond motifs is 1. The van der Waals surface area contributed by atoms with E-state index < -0.39 is 0 Å². The van der Waals surface area contributed by atoms with E-state index in [9.17, 15) is 0 Å². The molecule has 0 unspecified atom stereocenters. The highest BCUT2D eigenvalue weighted by molar-refractivity contribution is 5.78. The molecule has 0 amide bonds. The molecular formula is C16H24N4. The van der Waals surface area contributed by atoms with Crippen molar-refractivity contribution in [2.45, 2.75) is 52.5 Å². The minimum Gasteiger partial charge on any atom is -0.356 e. The fourth-order valence-electron chi connectivity index (χ4n) is 3.23. The Morgan fingerprint density at radius 2 is 2.10 bits per heavy atom. The first-order chi connectivity index (χ1) is 9.78. The van der Waals surface area contributed by atoms with Crippen LogP contribution in [0.5, 0.6) is 0 Å². The number of aromatic nitrogens is 3. The molecule has 0 radical (unpaired) electrons. The van der Waals surface area contributed by atoms with Crippen molar-refractivity contribution in [3.8, 4) is 0 Å². The Morgan fingerprint density at radius 3 is 2.85 bits per heavy atom. The van der Waals surface area contributed by atoms with E-state index in [-0.39, 0.29) is 0 Å². The van der Waals surface area contributed by atoms with E-state index in [4.69, 9.17) is 4.98 Å². The summed E-state index contributed by atoms with van der Waals surface area (Å²) in [7, 11) is 0. The van der Waals surface area contributed by atoms with Gasteiger partial charge in [0.15, 0.2) is 0 Å². The summed E-state index contributed by atoms with van der Waals surface area (Å²) in [5, 5.41) is 3.40. The van der Waals surface area contributed by atoms with Crippen LogP contribution >= 0.6 is 0 Å². The predicted molar refractivity (Wildman–Crippen MR) is 83.0 cm³/mol. The molecule has 4 heteroatoms. The van der Waals surface area contributed by atoms with Crippen LogP contribution in [0.3, 0.4) is 0 Å². The van der Waals surface area contributed by atoms with Crippen LogP contribution in [0, 0.1) is 12.8 Å². The van der Waals surface area contributed by atoms with E-state index in [1.165, 1.54) is 37.6 Å². The lowest BCUT2D eigenvalue weighted by molar-refractivity contribution is 0.323. The van der Waals surface area contributed by atoms with E-state index in [0.717, 1.165) is 36.2 Å². The molecule has 2 aromatic rings. The topological polar surface area (TPSA) is 42.7 Å². The lowest BCUT2D eigenvalue weighted by Gasteiger charge is -2.23. The highest BCUT2D eigenvalue weighted by atomic mass is 15.2. The van der Waals surface area contributed by atoms with E-state index in [0.29, 0.717) is 0 Å². The fraction of sp³-hybridized carbons (Fsp3) is 0.625. The van der Waals surface area contributed by atoms with Crippen molar-refractivity contribution >= 4 is 17.0 Å². The molecule has 2 aromatic heterocycles. The van der Waals surface area contributed by atoms with E-state index >= 15 is 0 Å². The standard InChI is InChI=1S/C16H24N4/c1-3-17-16-19-14-10-18-12(2)9-15(14)20(16)11-13-7-5-4-6-8-13/h9-10,13H,3-8,11H2,1-2H3,(H,17,19). The van der Waals surface area contributed by atoms with Crippen LogP contribution in [-0.2, 0) is 6.54 Å². The van der Waals surface area contributed by atoms with Crippen molar-refractivity contribution in [1.29, 1.82) is 0 Å². The van der Waals surface area contributed by atoms with Gasteiger partial charge >= 0.3 is 0 Å². The lowest BCUT2D eigenvalue weighted by atomic mass is 9.89. The van der Waals surface area contributed by atoms with Crippen LogP contribution in [0.4, 0.5) is 5.95 Å². The third-order valence-electron chi connectivity index (χ3n) is 4.27. The maximum Gasteiger partial charge on any atom is 0.203 e. The number of anilines is 1. The highest BCUT2D eigenvalue weighted by Crippen LogP contribution is 2.28. The van der Waals surface area contributed by atoms with Gasteiger partial charge in [-0.15, -0.1) is 0 Å². The van der Waals surface area contributed by atoms with Gasteiger partial charge in [0, 0.05) is 18.8 Å². The molecule has 20 heavy (non-hydrogen) atoms. The fourth-order valence-corrected chi connectivity index (χ4v) is 3.23. The second kappa shape index (κ2) is 5.81. The maximum atomic E-state index is 4.70. The lowest BCUT2D eigenvalue weighted by Crippen LogP contribution is -2.16. The second-order valence-corrected chi connectivity index (χ2v) is 5.89. The van der Waals surface area contributed by atoms with Crippen molar-refractivity contribution in [1.82, 2.24) is 14.5 Å². The second-order valence-electron chi connectivity index (χ2n) is 5.89. The summed E-state index contributed by atoms with van der Waals surface area (Å²) in [4.78, 5) is 9.06. The van der Waals surface area contributed by atoms with Crippen molar-refractivity contribution in [3.05, 3.63) is 18.0 Å². The predicted octanol–water partition coefficient (Wildman–Crippen LogP) is 3.75. The van der Waals surface area contributed by atoms with Crippen molar-refractivity contribution < 1.29 is 0 Å². The van der Waals surface area contributed by atoms with Gasteiger partial charge in [-0.25, -0.2) is 4.98 Å². The zero-order valence-electron chi connectivity index (χ0n) is 12.5. The van der Waals surface area contributed by atoms with Gasteiger partial charge in [-0.2, -0.15) is 0 Å². The third-order valence-corrected chi connectivity index (χ3v) is 4.27. The molecule has 108 valence electrons. The molecule has 1 saturated carbocycles. The molecule has 1 N–H and O–H groups in total. The molecule has 1 aliphatic rings. The van der Waals surface area contributed by atoms with Crippen molar-refractivity contribution in [2.24, 2.45) is 5.92 Å². The quantitative estimate of drug-likeness (QED) is 0.921. The molecule has 0 aromatic carbocycles. The molecule has 1 aliphatic carbocycles. The number of aryl methyl sites for hydroxylation is 1. The van der Waals surface area contributed by atoms with Crippen LogP contribution in [0.25, 0.3) is 11.0 Å². The van der Waals surface area contributed by atoms with Gasteiger partial charge in [0.1, 0.15) is 5.52 Å². The number of rotatable bonds is 4. The molecule has 0 spiro atoms. The van der Waals surface area contributed by atoms with E-state index in [1.807, 2.05) is 13.1 Å². The summed E-state index contributed by atoms with van der Waals surface area (Å²) >= 11 is 0. The van der Waals surface area contributed by atoms with Gasteiger partial charge in [-0.05, 0) is 38.7 Å². The third kappa shape index (κ3) is 2.65. The molecule has 0 saturated heterocycles. The smallest absolute Gasteiger partial charge is 0.203 e. The Morgan fingerprint density at radius 1 is 1.30 bits per heavy atom. The van der Waals surface area contributed by atoms with Gasteiger partial charge in [0.2, 0.25) is 5.95 Å². The Kier molecular flexibility index (Phi) is 3.90. The van der Waals surface area contributed by atoms with Crippen LogP contribution < -0.4 is 5.32 Å². The Balaban J connectivity index is 1.96. The normalized spacial score (nSPS) is 16.7. The summed E-state index contributed by atoms with van der Waals surface area (Å²) in [5.41, 5.74) is 3.28. The summed E-state index contributed by atoms with van der Waals surface area (Å²) < 4.78 is 2.36. The number of pyridine rings is 1. The van der Waals surface area contributed by atoms with E-state index in [1.54, 1.807) is 0 Å². The molecule has 2 heterocycles. The minimum absolute atomic E-state index is 0.798.